The summed E-state index contributed by atoms with van der Waals surface area (Å²) in [6.07, 6.45) is 12.3. The van der Waals surface area contributed by atoms with Crippen LogP contribution in [0, 0.1) is 0 Å². The van der Waals surface area contributed by atoms with E-state index in [0.717, 1.165) is 46.9 Å². The fraction of sp³-hybridized carbons (Fsp3) is 0.333. The number of aromatic nitrogens is 3. The molecule has 0 N–H and O–H groups in total. The van der Waals surface area contributed by atoms with E-state index >= 15 is 0 Å². The standard InChI is InChI=1S/C27H30N4O/c1-2-3-4-5-6-9-18-31(20-22-14-15-28-24-11-8-7-10-23(22)24)27(32)21-12-13-25-26(19-21)30-17-16-29-25/h7-8,10-17,19H,2-6,9,18,20H2,1H3. The highest BCUT2D eigenvalue weighted by Gasteiger charge is 2.18. The van der Waals surface area contributed by atoms with Crippen LogP contribution in [0.25, 0.3) is 21.9 Å². The summed E-state index contributed by atoms with van der Waals surface area (Å²) in [5, 5.41) is 1.10. The molecule has 0 aliphatic rings. The number of rotatable bonds is 10. The molecule has 0 unspecified atom stereocenters. The largest absolute Gasteiger partial charge is 0.334 e. The highest BCUT2D eigenvalue weighted by atomic mass is 16.2. The predicted molar refractivity (Wildman–Crippen MR) is 129 cm³/mol. The van der Waals surface area contributed by atoms with Gasteiger partial charge in [-0.2, -0.15) is 0 Å². The Bertz CT molecular complexity index is 1190. The number of nitrogens with zero attached hydrogens (tertiary/aromatic N) is 4. The molecule has 0 aliphatic carbocycles. The van der Waals surface area contributed by atoms with Crippen LogP contribution < -0.4 is 0 Å². The molecular formula is C27H30N4O. The first kappa shape index (κ1) is 21.9. The fourth-order valence-corrected chi connectivity index (χ4v) is 4.11. The van der Waals surface area contributed by atoms with Crippen molar-refractivity contribution in [1.29, 1.82) is 0 Å². The quantitative estimate of drug-likeness (QED) is 0.284. The van der Waals surface area contributed by atoms with E-state index in [0.29, 0.717) is 12.1 Å². The van der Waals surface area contributed by atoms with Crippen LogP contribution in [0.4, 0.5) is 0 Å². The van der Waals surface area contributed by atoms with E-state index in [2.05, 4.69) is 27.9 Å². The number of unbranched alkanes of at least 4 members (excludes halogenated alkanes) is 5. The smallest absolute Gasteiger partial charge is 0.254 e. The summed E-state index contributed by atoms with van der Waals surface area (Å²) in [7, 11) is 0. The Morgan fingerprint density at radius 1 is 0.781 bits per heavy atom. The molecule has 0 radical (unpaired) electrons. The van der Waals surface area contributed by atoms with Gasteiger partial charge < -0.3 is 4.90 Å². The lowest BCUT2D eigenvalue weighted by Gasteiger charge is -2.24. The van der Waals surface area contributed by atoms with E-state index in [1.807, 2.05) is 53.6 Å². The van der Waals surface area contributed by atoms with Crippen molar-refractivity contribution in [2.45, 2.75) is 52.0 Å². The van der Waals surface area contributed by atoms with Gasteiger partial charge in [0.15, 0.2) is 0 Å². The Labute approximate surface area is 189 Å². The molecule has 32 heavy (non-hydrogen) atoms. The molecule has 2 heterocycles. The predicted octanol–water partition coefficient (Wildman–Crippen LogP) is 6.18. The molecular weight excluding hydrogens is 396 g/mol. The zero-order valence-corrected chi connectivity index (χ0v) is 18.7. The van der Waals surface area contributed by atoms with Crippen molar-refractivity contribution in [3.63, 3.8) is 0 Å². The first-order valence-corrected chi connectivity index (χ1v) is 11.6. The number of hydrogen-bond donors (Lipinski definition) is 0. The number of pyridine rings is 1. The molecule has 0 spiro atoms. The molecule has 4 aromatic rings. The monoisotopic (exact) mass is 426 g/mol. The third kappa shape index (κ3) is 5.28. The van der Waals surface area contributed by atoms with Crippen molar-refractivity contribution < 1.29 is 4.79 Å². The van der Waals surface area contributed by atoms with Crippen LogP contribution >= 0.6 is 0 Å². The second kappa shape index (κ2) is 10.8. The zero-order chi connectivity index (χ0) is 22.2. The number of fused-ring (bicyclic) bond motifs is 2. The molecule has 5 nitrogen and oxygen atoms in total. The van der Waals surface area contributed by atoms with E-state index in [9.17, 15) is 4.79 Å². The molecule has 0 saturated heterocycles. The molecule has 164 valence electrons. The van der Waals surface area contributed by atoms with Crippen LogP contribution in [-0.4, -0.2) is 32.3 Å². The van der Waals surface area contributed by atoms with Crippen molar-refractivity contribution in [1.82, 2.24) is 19.9 Å². The molecule has 2 aromatic heterocycles. The average molecular weight is 427 g/mol. The number of amides is 1. The van der Waals surface area contributed by atoms with Crippen molar-refractivity contribution in [3.05, 3.63) is 78.2 Å². The van der Waals surface area contributed by atoms with E-state index in [-0.39, 0.29) is 5.91 Å². The summed E-state index contributed by atoms with van der Waals surface area (Å²) < 4.78 is 0. The summed E-state index contributed by atoms with van der Waals surface area (Å²) in [5.41, 5.74) is 4.27. The maximum absolute atomic E-state index is 13.6. The van der Waals surface area contributed by atoms with Gasteiger partial charge in [-0.15, -0.1) is 0 Å². The van der Waals surface area contributed by atoms with Gasteiger partial charge in [-0.25, -0.2) is 0 Å². The van der Waals surface area contributed by atoms with E-state index < -0.39 is 0 Å². The minimum absolute atomic E-state index is 0.0343. The zero-order valence-electron chi connectivity index (χ0n) is 18.7. The highest BCUT2D eigenvalue weighted by molar-refractivity contribution is 5.97. The lowest BCUT2D eigenvalue weighted by atomic mass is 10.1. The molecule has 0 fully saturated rings. The third-order valence-corrected chi connectivity index (χ3v) is 5.89. The van der Waals surface area contributed by atoms with Gasteiger partial charge >= 0.3 is 0 Å². The third-order valence-electron chi connectivity index (χ3n) is 5.89. The topological polar surface area (TPSA) is 59.0 Å². The van der Waals surface area contributed by atoms with Gasteiger partial charge in [-0.1, -0.05) is 57.2 Å². The van der Waals surface area contributed by atoms with Crippen molar-refractivity contribution in [3.8, 4) is 0 Å². The molecule has 2 aromatic carbocycles. The van der Waals surface area contributed by atoms with Crippen LogP contribution in [0.2, 0.25) is 0 Å². The van der Waals surface area contributed by atoms with Crippen LogP contribution in [-0.2, 0) is 6.54 Å². The summed E-state index contributed by atoms with van der Waals surface area (Å²) in [5.74, 6) is 0.0343. The Balaban J connectivity index is 1.56. The summed E-state index contributed by atoms with van der Waals surface area (Å²) >= 11 is 0. The molecule has 0 bridgehead atoms. The molecule has 0 aliphatic heterocycles. The van der Waals surface area contributed by atoms with Crippen molar-refractivity contribution >= 4 is 27.8 Å². The summed E-state index contributed by atoms with van der Waals surface area (Å²) in [6.45, 7) is 3.53. The molecule has 4 rings (SSSR count). The van der Waals surface area contributed by atoms with Crippen LogP contribution in [0.5, 0.6) is 0 Å². The second-order valence-electron chi connectivity index (χ2n) is 8.24. The maximum Gasteiger partial charge on any atom is 0.254 e. The van der Waals surface area contributed by atoms with E-state index in [1.54, 1.807) is 12.4 Å². The van der Waals surface area contributed by atoms with Crippen molar-refractivity contribution in [2.24, 2.45) is 0 Å². The van der Waals surface area contributed by atoms with Gasteiger partial charge in [0.25, 0.3) is 5.91 Å². The summed E-state index contributed by atoms with van der Waals surface area (Å²) in [4.78, 5) is 28.7. The van der Waals surface area contributed by atoms with Gasteiger partial charge in [0, 0.05) is 42.6 Å². The number of carbonyl (C=O) groups excluding carboxylic acids is 1. The summed E-state index contributed by atoms with van der Waals surface area (Å²) in [6, 6.07) is 15.7. The lowest BCUT2D eigenvalue weighted by molar-refractivity contribution is 0.0740. The van der Waals surface area contributed by atoms with E-state index in [1.165, 1.54) is 25.7 Å². The minimum atomic E-state index is 0.0343. The Morgan fingerprint density at radius 2 is 1.53 bits per heavy atom. The molecule has 1 amide bonds. The fourth-order valence-electron chi connectivity index (χ4n) is 4.11. The Morgan fingerprint density at radius 3 is 2.41 bits per heavy atom. The number of carbonyl (C=O) groups is 1. The Kier molecular flexibility index (Phi) is 7.38. The number of benzene rings is 2. The van der Waals surface area contributed by atoms with Crippen LogP contribution in [0.1, 0.15) is 61.4 Å². The number of para-hydroxylation sites is 1. The molecule has 0 atom stereocenters. The van der Waals surface area contributed by atoms with Crippen LogP contribution in [0.3, 0.4) is 0 Å². The van der Waals surface area contributed by atoms with Gasteiger partial charge in [0.2, 0.25) is 0 Å². The molecule has 5 heteroatoms. The van der Waals surface area contributed by atoms with E-state index in [4.69, 9.17) is 0 Å². The van der Waals surface area contributed by atoms with Crippen LogP contribution in [0.15, 0.2) is 67.1 Å². The Hall–Kier alpha value is -3.34. The first-order chi connectivity index (χ1) is 15.8. The maximum atomic E-state index is 13.6. The van der Waals surface area contributed by atoms with Gasteiger partial charge in [-0.3, -0.25) is 19.7 Å². The highest BCUT2D eigenvalue weighted by Crippen LogP contribution is 2.21. The average Bonchev–Trinajstić information content (AvgIpc) is 2.84. The van der Waals surface area contributed by atoms with Gasteiger partial charge in [0.1, 0.15) is 0 Å². The first-order valence-electron chi connectivity index (χ1n) is 11.6. The second-order valence-corrected chi connectivity index (χ2v) is 8.24. The minimum Gasteiger partial charge on any atom is -0.334 e. The normalized spacial score (nSPS) is 11.2. The molecule has 0 saturated carbocycles. The van der Waals surface area contributed by atoms with Gasteiger partial charge in [-0.05, 0) is 42.3 Å². The number of hydrogen-bond acceptors (Lipinski definition) is 4. The van der Waals surface area contributed by atoms with Gasteiger partial charge in [0.05, 0.1) is 16.6 Å². The SMILES string of the molecule is CCCCCCCCN(Cc1ccnc2ccccc12)C(=O)c1ccc2nccnc2c1. The van der Waals surface area contributed by atoms with Crippen molar-refractivity contribution in [2.75, 3.05) is 6.54 Å². The lowest BCUT2D eigenvalue weighted by Crippen LogP contribution is -2.31.